The van der Waals surface area contributed by atoms with Gasteiger partial charge in [0.1, 0.15) is 0 Å². The van der Waals surface area contributed by atoms with Crippen LogP contribution in [0.1, 0.15) is 96.8 Å². The van der Waals surface area contributed by atoms with Crippen LogP contribution in [-0.4, -0.2) is 46.7 Å². The molecule has 0 aromatic carbocycles. The zero-order valence-corrected chi connectivity index (χ0v) is 15.5. The number of hydrogen-bond donors (Lipinski definition) is 2. The molecule has 24 heavy (non-hydrogen) atoms. The second-order valence-electron chi connectivity index (χ2n) is 6.04. The average Bonchev–Trinajstić information content (AvgIpc) is 2.58. The third-order valence-electron chi connectivity index (χ3n) is 3.95. The summed E-state index contributed by atoms with van der Waals surface area (Å²) < 4.78 is 22.7. The second-order valence-corrected chi connectivity index (χ2v) is 7.52. The summed E-state index contributed by atoms with van der Waals surface area (Å²) in [6.45, 7) is 2.37. The number of rotatable bonds is 18. The molecular weight excluding hydrogens is 342 g/mol. The van der Waals surface area contributed by atoms with Gasteiger partial charge in [-0.1, -0.05) is 90.4 Å². The van der Waals surface area contributed by atoms with Crippen molar-refractivity contribution in [3.8, 4) is 0 Å². The molecular formula is C16H36NaO6P. The van der Waals surface area contributed by atoms with Gasteiger partial charge in [-0.15, -0.1) is 9.35 Å². The van der Waals surface area contributed by atoms with E-state index in [2.05, 4.69) is 20.8 Å². The van der Waals surface area contributed by atoms with Crippen molar-refractivity contribution in [2.75, 3.05) is 6.61 Å². The molecule has 0 radical (unpaired) electrons. The summed E-state index contributed by atoms with van der Waals surface area (Å²) in [6.07, 6.45) is 17.4. The first kappa shape index (κ1) is 27.3. The molecule has 0 aromatic heterocycles. The molecule has 0 aromatic rings. The van der Waals surface area contributed by atoms with Crippen LogP contribution in [0.2, 0.25) is 0 Å². The fourth-order valence-electron chi connectivity index (χ4n) is 2.54. The Labute approximate surface area is 169 Å². The number of unbranched alkanes of at least 4 members (excludes halogenated alkanes) is 13. The SMILES string of the molecule is CCCCCCCCCCCCCCCCOP(=O)(OO)OO.[NaH]. The summed E-state index contributed by atoms with van der Waals surface area (Å²) in [5.74, 6) is 0. The Morgan fingerprint density at radius 2 is 1.00 bits per heavy atom. The molecule has 0 saturated heterocycles. The fourth-order valence-corrected chi connectivity index (χ4v) is 3.01. The van der Waals surface area contributed by atoms with Crippen LogP contribution in [0.15, 0.2) is 0 Å². The molecule has 0 aliphatic rings. The third-order valence-corrected chi connectivity index (χ3v) is 4.85. The molecule has 0 amide bonds. The molecule has 142 valence electrons. The van der Waals surface area contributed by atoms with E-state index < -0.39 is 7.82 Å². The summed E-state index contributed by atoms with van der Waals surface area (Å²) in [5.41, 5.74) is 0. The normalized spacial score (nSPS) is 11.5. The van der Waals surface area contributed by atoms with Crippen LogP contribution in [0.4, 0.5) is 0 Å². The van der Waals surface area contributed by atoms with Crippen molar-refractivity contribution < 1.29 is 29.0 Å². The number of hydrogen-bond acceptors (Lipinski definition) is 6. The van der Waals surface area contributed by atoms with Crippen molar-refractivity contribution in [2.45, 2.75) is 96.8 Å². The van der Waals surface area contributed by atoms with Crippen molar-refractivity contribution in [3.63, 3.8) is 0 Å². The molecule has 0 rings (SSSR count). The van der Waals surface area contributed by atoms with Gasteiger partial charge in [0.05, 0.1) is 6.61 Å². The third kappa shape index (κ3) is 17.8. The van der Waals surface area contributed by atoms with Gasteiger partial charge in [-0.25, -0.2) is 15.1 Å². The van der Waals surface area contributed by atoms with Gasteiger partial charge >= 0.3 is 37.4 Å². The first-order chi connectivity index (χ1) is 11.2. The van der Waals surface area contributed by atoms with Crippen LogP contribution in [0.5, 0.6) is 0 Å². The zero-order chi connectivity index (χ0) is 17.2. The maximum absolute atomic E-state index is 11.1. The van der Waals surface area contributed by atoms with Crippen LogP contribution in [0, 0.1) is 0 Å². The zero-order valence-electron chi connectivity index (χ0n) is 14.6. The van der Waals surface area contributed by atoms with E-state index >= 15 is 0 Å². The van der Waals surface area contributed by atoms with Crippen molar-refractivity contribution >= 4 is 37.4 Å². The minimum absolute atomic E-state index is 0. The van der Waals surface area contributed by atoms with Gasteiger partial charge in [0, 0.05) is 0 Å². The van der Waals surface area contributed by atoms with Crippen LogP contribution < -0.4 is 0 Å². The van der Waals surface area contributed by atoms with Crippen LogP contribution in [0.3, 0.4) is 0 Å². The molecule has 2 N–H and O–H groups in total. The van der Waals surface area contributed by atoms with E-state index in [1.54, 1.807) is 0 Å². The summed E-state index contributed by atoms with van der Waals surface area (Å²) >= 11 is 0. The molecule has 0 fully saturated rings. The van der Waals surface area contributed by atoms with Crippen LogP contribution in [-0.2, 0) is 18.4 Å². The van der Waals surface area contributed by atoms with Gasteiger partial charge < -0.3 is 0 Å². The quantitative estimate of drug-likeness (QED) is 0.101. The monoisotopic (exact) mass is 378 g/mol. The molecule has 0 atom stereocenters. The first-order valence-electron chi connectivity index (χ1n) is 9.09. The topological polar surface area (TPSA) is 85.2 Å². The van der Waals surface area contributed by atoms with E-state index in [-0.39, 0.29) is 36.2 Å². The summed E-state index contributed by atoms with van der Waals surface area (Å²) in [4.78, 5) is 0. The van der Waals surface area contributed by atoms with E-state index in [0.29, 0.717) is 6.42 Å². The van der Waals surface area contributed by atoms with E-state index in [9.17, 15) is 4.57 Å². The molecule has 8 heteroatoms. The van der Waals surface area contributed by atoms with Gasteiger partial charge in [-0.05, 0) is 6.42 Å². The molecule has 0 bridgehead atoms. The first-order valence-corrected chi connectivity index (χ1v) is 10.6. The Bertz CT molecular complexity index is 286. The summed E-state index contributed by atoms with van der Waals surface area (Å²) in [6, 6.07) is 0. The molecule has 0 saturated carbocycles. The minimum atomic E-state index is -4.16. The van der Waals surface area contributed by atoms with E-state index in [1.807, 2.05) is 0 Å². The van der Waals surface area contributed by atoms with E-state index in [4.69, 9.17) is 10.5 Å². The van der Waals surface area contributed by atoms with Gasteiger partial charge in [-0.2, -0.15) is 0 Å². The molecule has 0 heterocycles. The predicted molar refractivity (Wildman–Crippen MR) is 98.4 cm³/mol. The van der Waals surface area contributed by atoms with Gasteiger partial charge in [0.25, 0.3) is 0 Å². The Kier molecular flexibility index (Phi) is 23.1. The second kappa shape index (κ2) is 20.3. The molecule has 0 unspecified atom stereocenters. The Morgan fingerprint density at radius 1 is 0.667 bits per heavy atom. The molecule has 0 aliphatic carbocycles. The van der Waals surface area contributed by atoms with E-state index in [0.717, 1.165) is 12.8 Å². The fraction of sp³-hybridized carbons (Fsp3) is 1.00. The Balaban J connectivity index is 0. The summed E-state index contributed by atoms with van der Waals surface area (Å²) in [5, 5.41) is 16.5. The number of phosphoric acid groups is 1. The molecule has 0 aliphatic heterocycles. The Morgan fingerprint density at radius 3 is 1.33 bits per heavy atom. The van der Waals surface area contributed by atoms with Gasteiger partial charge in [-0.3, -0.25) is 4.52 Å². The van der Waals surface area contributed by atoms with Crippen molar-refractivity contribution in [1.82, 2.24) is 0 Å². The van der Waals surface area contributed by atoms with Crippen LogP contribution in [0.25, 0.3) is 0 Å². The van der Waals surface area contributed by atoms with Crippen LogP contribution >= 0.6 is 7.82 Å². The Hall–Kier alpha value is 1.03. The standard InChI is InChI=1S/C16H35O6P.Na.H/c1-2-3-4-5-6-7-8-9-10-11-12-13-14-15-16-20-23(19,21-17)22-18;;/h17-18H,2-16H2,1H3;;. The van der Waals surface area contributed by atoms with Gasteiger partial charge in [0.2, 0.25) is 0 Å². The van der Waals surface area contributed by atoms with Gasteiger partial charge in [0.15, 0.2) is 0 Å². The van der Waals surface area contributed by atoms with E-state index in [1.165, 1.54) is 70.6 Å². The molecule has 6 nitrogen and oxygen atoms in total. The summed E-state index contributed by atoms with van der Waals surface area (Å²) in [7, 11) is -4.16. The van der Waals surface area contributed by atoms with Crippen molar-refractivity contribution in [3.05, 3.63) is 0 Å². The molecule has 0 spiro atoms. The average molecular weight is 378 g/mol. The van der Waals surface area contributed by atoms with Crippen molar-refractivity contribution in [1.29, 1.82) is 0 Å². The predicted octanol–water partition coefficient (Wildman–Crippen LogP) is 5.92. The maximum atomic E-state index is 11.1. The van der Waals surface area contributed by atoms with Crippen molar-refractivity contribution in [2.24, 2.45) is 0 Å².